The smallest absolute Gasteiger partial charge is 0.375 e. The molecule has 0 heterocycles. The van der Waals surface area contributed by atoms with Gasteiger partial charge in [-0.25, -0.2) is 0 Å². The number of hydrogen-bond donors (Lipinski definition) is 0. The Morgan fingerprint density at radius 2 is 0.388 bits per heavy atom. The molecule has 0 amide bonds. The Morgan fingerprint density at radius 3 is 0.552 bits per heavy atom. The maximum atomic E-state index is 8.03. The predicted octanol–water partition coefficient (Wildman–Crippen LogP) is 15.3. The van der Waals surface area contributed by atoms with Crippen LogP contribution in [0.1, 0.15) is 88.6 Å². The van der Waals surface area contributed by atoms with Gasteiger partial charge < -0.3 is 14.0 Å². The van der Waals surface area contributed by atoms with E-state index >= 15 is 0 Å². The molecule has 0 fully saturated rings. The molecule has 0 aliphatic carbocycles. The SMILES string of the molecule is CC(OB(OC(C)(c1ccccc1)C(c1ccccc1)c1ccccc1)OC(C)(c1ccccc1)C(c1ccccc1)c1ccccc1)(c1ccccc1)C(c1ccccc1)c1ccccc1. The third-order valence-electron chi connectivity index (χ3n) is 13.5. The lowest BCUT2D eigenvalue weighted by molar-refractivity contribution is -0.0966. The predicted molar refractivity (Wildman–Crippen MR) is 275 cm³/mol. The van der Waals surface area contributed by atoms with Crippen molar-refractivity contribution in [1.29, 1.82) is 0 Å². The summed E-state index contributed by atoms with van der Waals surface area (Å²) in [5.74, 6) is -0.886. The summed E-state index contributed by atoms with van der Waals surface area (Å²) in [6.45, 7) is 6.60. The molecule has 3 unspecified atom stereocenters. The van der Waals surface area contributed by atoms with Crippen molar-refractivity contribution < 1.29 is 14.0 Å². The van der Waals surface area contributed by atoms with Gasteiger partial charge in [0.25, 0.3) is 0 Å². The fourth-order valence-electron chi connectivity index (χ4n) is 10.2. The van der Waals surface area contributed by atoms with Gasteiger partial charge in [-0.1, -0.05) is 273 Å². The summed E-state index contributed by atoms with van der Waals surface area (Å²) >= 11 is 0. The Morgan fingerprint density at radius 1 is 0.239 bits per heavy atom. The van der Waals surface area contributed by atoms with Gasteiger partial charge in [0, 0.05) is 17.8 Å². The van der Waals surface area contributed by atoms with Gasteiger partial charge in [-0.05, 0) is 70.8 Å². The monoisotopic (exact) mass is 872 g/mol. The van der Waals surface area contributed by atoms with Crippen LogP contribution in [0.3, 0.4) is 0 Å². The van der Waals surface area contributed by atoms with E-state index in [4.69, 9.17) is 14.0 Å². The molecule has 3 nitrogen and oxygen atoms in total. The third-order valence-corrected chi connectivity index (χ3v) is 13.5. The minimum absolute atomic E-state index is 0.295. The zero-order chi connectivity index (χ0) is 45.9. The molecule has 9 aromatic carbocycles. The van der Waals surface area contributed by atoms with Crippen LogP contribution >= 0.6 is 0 Å². The van der Waals surface area contributed by atoms with E-state index in [2.05, 4.69) is 294 Å². The summed E-state index contributed by atoms with van der Waals surface area (Å²) in [5.41, 5.74) is 6.36. The highest BCUT2D eigenvalue weighted by atomic mass is 16.8. The lowest BCUT2D eigenvalue weighted by atomic mass is 9.72. The summed E-state index contributed by atoms with van der Waals surface area (Å²) < 4.78 is 24.1. The van der Waals surface area contributed by atoms with Crippen LogP contribution in [0, 0.1) is 0 Å². The fraction of sp³-hybridized carbons (Fsp3) is 0.143. The first-order valence-electron chi connectivity index (χ1n) is 23.4. The minimum atomic E-state index is -1.29. The average molecular weight is 873 g/mol. The van der Waals surface area contributed by atoms with E-state index in [-0.39, 0.29) is 17.8 Å². The second-order valence-electron chi connectivity index (χ2n) is 17.8. The normalized spacial score (nSPS) is 14.2. The van der Waals surface area contributed by atoms with E-state index in [0.29, 0.717) is 0 Å². The van der Waals surface area contributed by atoms with Crippen molar-refractivity contribution in [2.24, 2.45) is 0 Å². The van der Waals surface area contributed by atoms with Gasteiger partial charge in [0.1, 0.15) is 0 Å². The molecule has 0 aliphatic rings. The van der Waals surface area contributed by atoms with Crippen LogP contribution in [0.2, 0.25) is 0 Å². The highest BCUT2D eigenvalue weighted by molar-refractivity contribution is 6.37. The maximum Gasteiger partial charge on any atom is 0.641 e. The molecule has 0 bridgehead atoms. The van der Waals surface area contributed by atoms with E-state index in [1.54, 1.807) is 0 Å². The van der Waals surface area contributed by atoms with Crippen LogP contribution in [0.15, 0.2) is 273 Å². The number of rotatable bonds is 18. The first-order chi connectivity index (χ1) is 32.9. The molecule has 9 rings (SSSR count). The molecular formula is C63H57BO3. The summed E-state index contributed by atoms with van der Waals surface area (Å²) in [5, 5.41) is 0. The van der Waals surface area contributed by atoms with Gasteiger partial charge in [-0.15, -0.1) is 0 Å². The Balaban J connectivity index is 1.32. The molecular weight excluding hydrogens is 816 g/mol. The molecule has 0 aliphatic heterocycles. The van der Waals surface area contributed by atoms with Crippen LogP contribution in [-0.4, -0.2) is 7.32 Å². The van der Waals surface area contributed by atoms with Gasteiger partial charge in [0.05, 0.1) is 16.8 Å². The summed E-state index contributed by atoms with van der Waals surface area (Å²) in [6, 6.07) is 95.7. The fourth-order valence-corrected chi connectivity index (χ4v) is 10.2. The average Bonchev–Trinajstić information content (AvgIpc) is 3.39. The van der Waals surface area contributed by atoms with E-state index in [9.17, 15) is 0 Å². The van der Waals surface area contributed by atoms with Crippen molar-refractivity contribution >= 4 is 7.32 Å². The Kier molecular flexibility index (Phi) is 13.9. The highest BCUT2D eigenvalue weighted by Crippen LogP contribution is 2.51. The van der Waals surface area contributed by atoms with Crippen LogP contribution in [-0.2, 0) is 30.8 Å². The van der Waals surface area contributed by atoms with Crippen molar-refractivity contribution in [2.45, 2.75) is 55.3 Å². The van der Waals surface area contributed by atoms with Gasteiger partial charge in [0.2, 0.25) is 0 Å². The summed E-state index contributed by atoms with van der Waals surface area (Å²) in [4.78, 5) is 0. The number of benzene rings is 9. The van der Waals surface area contributed by atoms with Crippen molar-refractivity contribution in [3.63, 3.8) is 0 Å². The first-order valence-corrected chi connectivity index (χ1v) is 23.4. The van der Waals surface area contributed by atoms with E-state index in [0.717, 1.165) is 50.1 Å². The maximum absolute atomic E-state index is 8.03. The lowest BCUT2D eigenvalue weighted by Crippen LogP contribution is -2.51. The largest absolute Gasteiger partial charge is 0.641 e. The van der Waals surface area contributed by atoms with Gasteiger partial charge >= 0.3 is 7.32 Å². The van der Waals surface area contributed by atoms with Crippen LogP contribution in [0.4, 0.5) is 0 Å². The zero-order valence-electron chi connectivity index (χ0n) is 38.5. The summed E-state index contributed by atoms with van der Waals surface area (Å²) in [6.07, 6.45) is 0. The molecule has 330 valence electrons. The number of hydrogen-bond acceptors (Lipinski definition) is 3. The second kappa shape index (κ2) is 20.6. The van der Waals surface area contributed by atoms with Crippen LogP contribution in [0.25, 0.3) is 0 Å². The molecule has 0 radical (unpaired) electrons. The van der Waals surface area contributed by atoms with Crippen molar-refractivity contribution in [3.05, 3.63) is 323 Å². The van der Waals surface area contributed by atoms with Crippen LogP contribution < -0.4 is 0 Å². The molecule has 0 spiro atoms. The topological polar surface area (TPSA) is 27.7 Å². The molecule has 0 N–H and O–H groups in total. The summed E-state index contributed by atoms with van der Waals surface area (Å²) in [7, 11) is -1.29. The molecule has 0 saturated carbocycles. The quantitative estimate of drug-likeness (QED) is 0.0804. The zero-order valence-corrected chi connectivity index (χ0v) is 38.5. The second-order valence-corrected chi connectivity index (χ2v) is 17.8. The standard InChI is InChI=1S/C63H57BO3/c1-61(55-43-25-10-26-44-55,58(49-31-13-4-14-32-49)50-33-15-5-16-34-50)65-64(66-62(2,56-45-27-11-28-46-56)59(51-35-17-6-18-36-51)52-37-19-7-20-38-52)67-63(3,57-47-29-12-30-48-57)60(53-39-21-8-22-40-53)54-41-23-9-24-42-54/h4-48,58-60H,1-3H3. The minimum Gasteiger partial charge on any atom is -0.375 e. The van der Waals surface area contributed by atoms with Crippen molar-refractivity contribution in [2.75, 3.05) is 0 Å². The molecule has 3 atom stereocenters. The molecule has 0 saturated heterocycles. The van der Waals surface area contributed by atoms with Crippen LogP contribution in [0.5, 0.6) is 0 Å². The highest BCUT2D eigenvalue weighted by Gasteiger charge is 2.53. The van der Waals surface area contributed by atoms with Crippen molar-refractivity contribution in [3.8, 4) is 0 Å². The van der Waals surface area contributed by atoms with Gasteiger partial charge in [-0.3, -0.25) is 0 Å². The van der Waals surface area contributed by atoms with Gasteiger partial charge in [-0.2, -0.15) is 0 Å². The Hall–Kier alpha value is -7.08. The molecule has 4 heteroatoms. The molecule has 67 heavy (non-hydrogen) atoms. The Bertz CT molecular complexity index is 2420. The van der Waals surface area contributed by atoms with Crippen molar-refractivity contribution in [1.82, 2.24) is 0 Å². The third kappa shape index (κ3) is 9.75. The molecule has 0 aromatic heterocycles. The van der Waals surface area contributed by atoms with E-state index < -0.39 is 24.1 Å². The first kappa shape index (κ1) is 45.1. The Labute approximate surface area is 397 Å². The lowest BCUT2D eigenvalue weighted by Gasteiger charge is -2.47. The van der Waals surface area contributed by atoms with E-state index in [1.165, 1.54) is 0 Å². The van der Waals surface area contributed by atoms with Gasteiger partial charge in [0.15, 0.2) is 0 Å². The molecule has 9 aromatic rings. The van der Waals surface area contributed by atoms with E-state index in [1.807, 2.05) is 0 Å².